The number of hydrogen-bond donors (Lipinski definition) is 3. The largest absolute Gasteiger partial charge is 0.342 e. The van der Waals surface area contributed by atoms with E-state index in [9.17, 15) is 9.18 Å². The van der Waals surface area contributed by atoms with E-state index >= 15 is 0 Å². The van der Waals surface area contributed by atoms with Crippen LogP contribution in [0.2, 0.25) is 0 Å². The molecule has 6 heteroatoms. The minimum atomic E-state index is -0.240. The van der Waals surface area contributed by atoms with Crippen LogP contribution < -0.4 is 11.1 Å². The molecule has 4 rings (SSSR count). The molecule has 26 heavy (non-hydrogen) atoms. The van der Waals surface area contributed by atoms with Gasteiger partial charge in [0.05, 0.1) is 11.0 Å². The van der Waals surface area contributed by atoms with Crippen LogP contribution in [0, 0.1) is 11.7 Å². The van der Waals surface area contributed by atoms with E-state index in [4.69, 9.17) is 5.73 Å². The number of aromatic nitrogens is 2. The molecule has 2 unspecified atom stereocenters. The number of carbonyl (C=O) groups is 1. The van der Waals surface area contributed by atoms with Gasteiger partial charge in [-0.1, -0.05) is 18.2 Å². The Morgan fingerprint density at radius 2 is 2.12 bits per heavy atom. The number of fused-ring (bicyclic) bond motifs is 1. The average molecular weight is 352 g/mol. The van der Waals surface area contributed by atoms with Crippen LogP contribution in [0.25, 0.3) is 11.0 Å². The number of benzene rings is 2. The van der Waals surface area contributed by atoms with Crippen molar-refractivity contribution in [2.24, 2.45) is 11.7 Å². The molecule has 0 saturated heterocycles. The van der Waals surface area contributed by atoms with Crippen molar-refractivity contribution < 1.29 is 9.18 Å². The number of H-pyrrole nitrogens is 1. The van der Waals surface area contributed by atoms with Crippen molar-refractivity contribution in [1.82, 2.24) is 9.97 Å². The summed E-state index contributed by atoms with van der Waals surface area (Å²) >= 11 is 0. The van der Waals surface area contributed by atoms with Crippen molar-refractivity contribution in [2.45, 2.75) is 31.7 Å². The Bertz CT molecular complexity index is 952. The number of nitrogens with zero attached hydrogens (tertiary/aromatic N) is 1. The molecular weight excluding hydrogens is 331 g/mol. The van der Waals surface area contributed by atoms with Crippen molar-refractivity contribution >= 4 is 22.6 Å². The van der Waals surface area contributed by atoms with Crippen molar-refractivity contribution in [1.29, 1.82) is 0 Å². The number of imidazole rings is 1. The zero-order chi connectivity index (χ0) is 18.1. The fraction of sp³-hybridized carbons (Fsp3) is 0.300. The van der Waals surface area contributed by atoms with Crippen LogP contribution >= 0.6 is 0 Å². The predicted octanol–water partition coefficient (Wildman–Crippen LogP) is 3.36. The molecule has 5 nitrogen and oxygen atoms in total. The molecule has 1 aliphatic carbocycles. The van der Waals surface area contributed by atoms with Gasteiger partial charge in [-0.3, -0.25) is 4.79 Å². The van der Waals surface area contributed by atoms with Gasteiger partial charge in [-0.25, -0.2) is 9.37 Å². The Morgan fingerprint density at radius 1 is 1.27 bits per heavy atom. The van der Waals surface area contributed by atoms with E-state index in [1.807, 2.05) is 24.3 Å². The fourth-order valence-corrected chi connectivity index (χ4v) is 3.54. The minimum absolute atomic E-state index is 0.0147. The van der Waals surface area contributed by atoms with E-state index in [-0.39, 0.29) is 23.7 Å². The Kier molecular flexibility index (Phi) is 4.42. The molecule has 1 amide bonds. The molecule has 1 aromatic heterocycles. The third kappa shape index (κ3) is 3.46. The molecule has 4 N–H and O–H groups in total. The Hall–Kier alpha value is -2.73. The van der Waals surface area contributed by atoms with E-state index in [2.05, 4.69) is 15.3 Å². The molecule has 1 aliphatic rings. The van der Waals surface area contributed by atoms with Crippen LogP contribution in [0.5, 0.6) is 0 Å². The summed E-state index contributed by atoms with van der Waals surface area (Å²) < 4.78 is 13.8. The maximum absolute atomic E-state index is 13.8. The molecule has 2 aromatic carbocycles. The highest BCUT2D eigenvalue weighted by Crippen LogP contribution is 2.26. The number of nitrogens with two attached hydrogens (primary N) is 1. The zero-order valence-corrected chi connectivity index (χ0v) is 14.3. The normalized spacial score (nSPS) is 19.8. The number of rotatable bonds is 4. The topological polar surface area (TPSA) is 83.8 Å². The van der Waals surface area contributed by atoms with Gasteiger partial charge in [0.2, 0.25) is 5.91 Å². The molecule has 0 bridgehead atoms. The SMILES string of the molecule is NC1CCC(C(=O)Nc2ccc3nc(Cc4ccccc4F)[nH]c3c2)C1. The standard InChI is InChI=1S/C20H21FN4O/c21-16-4-2-1-3-12(16)10-19-24-17-8-7-15(11-18(17)25-19)23-20(26)13-5-6-14(22)9-13/h1-4,7-8,11,13-14H,5-6,9-10,22H2,(H,23,26)(H,24,25). The number of hydrogen-bond acceptors (Lipinski definition) is 3. The smallest absolute Gasteiger partial charge is 0.227 e. The van der Waals surface area contributed by atoms with Crippen molar-refractivity contribution in [3.63, 3.8) is 0 Å². The van der Waals surface area contributed by atoms with Gasteiger partial charge < -0.3 is 16.0 Å². The lowest BCUT2D eigenvalue weighted by atomic mass is 10.1. The van der Waals surface area contributed by atoms with E-state index in [0.29, 0.717) is 17.8 Å². The predicted molar refractivity (Wildman–Crippen MR) is 99.2 cm³/mol. The lowest BCUT2D eigenvalue weighted by Gasteiger charge is -2.10. The first-order valence-corrected chi connectivity index (χ1v) is 8.87. The van der Waals surface area contributed by atoms with Crippen LogP contribution in [0.3, 0.4) is 0 Å². The lowest BCUT2D eigenvalue weighted by molar-refractivity contribution is -0.119. The Labute approximate surface area is 150 Å². The average Bonchev–Trinajstić information content (AvgIpc) is 3.22. The molecule has 3 aromatic rings. The summed E-state index contributed by atoms with van der Waals surface area (Å²) in [6.07, 6.45) is 2.87. The van der Waals surface area contributed by atoms with Crippen LogP contribution in [0.1, 0.15) is 30.7 Å². The molecule has 2 atom stereocenters. The Balaban J connectivity index is 1.50. The molecule has 0 spiro atoms. The van der Waals surface area contributed by atoms with Gasteiger partial charge in [-0.05, 0) is 49.1 Å². The lowest BCUT2D eigenvalue weighted by Crippen LogP contribution is -2.23. The van der Waals surface area contributed by atoms with Gasteiger partial charge in [0.25, 0.3) is 0 Å². The number of aromatic amines is 1. The van der Waals surface area contributed by atoms with Crippen molar-refractivity contribution in [2.75, 3.05) is 5.32 Å². The maximum Gasteiger partial charge on any atom is 0.227 e. The first kappa shape index (κ1) is 16.7. The van der Waals surface area contributed by atoms with Gasteiger partial charge >= 0.3 is 0 Å². The summed E-state index contributed by atoms with van der Waals surface area (Å²) in [7, 11) is 0. The third-order valence-corrected chi connectivity index (χ3v) is 4.96. The summed E-state index contributed by atoms with van der Waals surface area (Å²) in [4.78, 5) is 20.1. The quantitative estimate of drug-likeness (QED) is 0.673. The molecule has 0 aliphatic heterocycles. The van der Waals surface area contributed by atoms with Gasteiger partial charge in [-0.2, -0.15) is 0 Å². The second-order valence-corrected chi connectivity index (χ2v) is 6.94. The molecule has 1 fully saturated rings. The second kappa shape index (κ2) is 6.88. The number of anilines is 1. The summed E-state index contributed by atoms with van der Waals surface area (Å²) in [6, 6.07) is 12.4. The highest BCUT2D eigenvalue weighted by atomic mass is 19.1. The molecule has 1 saturated carbocycles. The maximum atomic E-state index is 13.8. The summed E-state index contributed by atoms with van der Waals surface area (Å²) in [5.74, 6) is 0.452. The highest BCUT2D eigenvalue weighted by Gasteiger charge is 2.27. The molecule has 134 valence electrons. The van der Waals surface area contributed by atoms with Crippen LogP contribution in [-0.2, 0) is 11.2 Å². The van der Waals surface area contributed by atoms with Crippen molar-refractivity contribution in [3.8, 4) is 0 Å². The van der Waals surface area contributed by atoms with E-state index in [1.54, 1.807) is 12.1 Å². The van der Waals surface area contributed by atoms with E-state index in [0.717, 1.165) is 36.0 Å². The first-order chi connectivity index (χ1) is 12.6. The van der Waals surface area contributed by atoms with Gasteiger partial charge in [0, 0.05) is 24.1 Å². The fourth-order valence-electron chi connectivity index (χ4n) is 3.54. The molecule has 1 heterocycles. The second-order valence-electron chi connectivity index (χ2n) is 6.94. The monoisotopic (exact) mass is 352 g/mol. The van der Waals surface area contributed by atoms with Crippen LogP contribution in [0.15, 0.2) is 42.5 Å². The summed E-state index contributed by atoms with van der Waals surface area (Å²) in [5, 5.41) is 2.96. The third-order valence-electron chi connectivity index (χ3n) is 4.96. The van der Waals surface area contributed by atoms with Crippen LogP contribution in [0.4, 0.5) is 10.1 Å². The molecule has 0 radical (unpaired) electrons. The zero-order valence-electron chi connectivity index (χ0n) is 14.3. The number of amides is 1. The Morgan fingerprint density at radius 3 is 2.88 bits per heavy atom. The van der Waals surface area contributed by atoms with Gasteiger partial charge in [0.15, 0.2) is 0 Å². The van der Waals surface area contributed by atoms with Crippen LogP contribution in [-0.4, -0.2) is 21.9 Å². The summed E-state index contributed by atoms with van der Waals surface area (Å²) in [6.45, 7) is 0. The number of carbonyl (C=O) groups excluding carboxylic acids is 1. The van der Waals surface area contributed by atoms with Gasteiger partial charge in [-0.15, -0.1) is 0 Å². The first-order valence-electron chi connectivity index (χ1n) is 8.87. The van der Waals surface area contributed by atoms with Crippen molar-refractivity contribution in [3.05, 3.63) is 59.7 Å². The molecular formula is C20H21FN4O. The number of halogens is 1. The van der Waals surface area contributed by atoms with Gasteiger partial charge in [0.1, 0.15) is 11.6 Å². The number of nitrogens with one attached hydrogen (secondary N) is 2. The minimum Gasteiger partial charge on any atom is -0.342 e. The van der Waals surface area contributed by atoms with E-state index in [1.165, 1.54) is 6.07 Å². The summed E-state index contributed by atoms with van der Waals surface area (Å²) in [5.41, 5.74) is 8.81. The highest BCUT2D eigenvalue weighted by molar-refractivity contribution is 5.94. The van der Waals surface area contributed by atoms with E-state index < -0.39 is 0 Å².